The number of phenolic OH excluding ortho intramolecular Hbond substituents is 1. The molecule has 0 aliphatic rings. The number of aromatic hydroxyl groups is 1. The van der Waals surface area contributed by atoms with E-state index in [2.05, 4.69) is 4.98 Å². The topological polar surface area (TPSA) is 59.4 Å². The third-order valence-corrected chi connectivity index (χ3v) is 2.49. The molecule has 0 aliphatic carbocycles. The number of hydrogen-bond donors (Lipinski definition) is 1. The minimum atomic E-state index is -0.486. The minimum absolute atomic E-state index is 0.176. The van der Waals surface area contributed by atoms with Crippen LogP contribution in [0.4, 0.5) is 0 Å². The van der Waals surface area contributed by atoms with Crippen molar-refractivity contribution in [3.63, 3.8) is 0 Å². The Labute approximate surface area is 112 Å². The smallest absolute Gasteiger partial charge is 0.310 e. The molecule has 2 rings (SSSR count). The second kappa shape index (κ2) is 4.88. The molecule has 4 nitrogen and oxygen atoms in total. The minimum Gasteiger partial charge on any atom is -0.508 e. The summed E-state index contributed by atoms with van der Waals surface area (Å²) in [6, 6.07) is 6.79. The van der Waals surface area contributed by atoms with Gasteiger partial charge in [0.1, 0.15) is 11.4 Å². The third kappa shape index (κ3) is 3.68. The lowest BCUT2D eigenvalue weighted by Crippen LogP contribution is -2.24. The quantitative estimate of drug-likeness (QED) is 0.842. The number of aromatic nitrogens is 1. The number of hydrogen-bond acceptors (Lipinski definition) is 4. The molecule has 4 heteroatoms. The van der Waals surface area contributed by atoms with E-state index in [4.69, 9.17) is 4.74 Å². The fourth-order valence-electron chi connectivity index (χ4n) is 1.81. The predicted octanol–water partition coefficient (Wildman–Crippen LogP) is 2.82. The molecular weight excluding hydrogens is 242 g/mol. The molecule has 0 amide bonds. The molecule has 0 unspecified atom stereocenters. The van der Waals surface area contributed by atoms with Gasteiger partial charge in [-0.3, -0.25) is 9.78 Å². The van der Waals surface area contributed by atoms with E-state index in [1.165, 1.54) is 0 Å². The number of ether oxygens (including phenoxy) is 1. The number of fused-ring (bicyclic) bond motifs is 1. The Morgan fingerprint density at radius 1 is 1.32 bits per heavy atom. The second-order valence-corrected chi connectivity index (χ2v) is 5.48. The summed E-state index contributed by atoms with van der Waals surface area (Å²) in [5.41, 5.74) is 1.07. The fraction of sp³-hybridized carbons (Fsp3) is 0.333. The van der Waals surface area contributed by atoms with Crippen LogP contribution in [0.3, 0.4) is 0 Å². The Balaban J connectivity index is 2.19. The van der Waals surface area contributed by atoms with Crippen LogP contribution in [0.2, 0.25) is 0 Å². The Bertz CT molecular complexity index is 614. The highest BCUT2D eigenvalue weighted by molar-refractivity contribution is 5.82. The zero-order valence-electron chi connectivity index (χ0n) is 11.3. The van der Waals surface area contributed by atoms with Crippen LogP contribution >= 0.6 is 0 Å². The number of phenols is 1. The van der Waals surface area contributed by atoms with Gasteiger partial charge in [-0.2, -0.15) is 0 Å². The number of carbonyl (C=O) groups is 1. The van der Waals surface area contributed by atoms with Crippen molar-refractivity contribution in [2.45, 2.75) is 32.8 Å². The molecular formula is C15H17NO3. The number of pyridine rings is 1. The maximum atomic E-state index is 11.7. The van der Waals surface area contributed by atoms with Crippen LogP contribution in [-0.2, 0) is 16.0 Å². The number of esters is 1. The molecule has 1 heterocycles. The van der Waals surface area contributed by atoms with Gasteiger partial charge in [-0.1, -0.05) is 0 Å². The van der Waals surface area contributed by atoms with Crippen molar-refractivity contribution < 1.29 is 14.6 Å². The van der Waals surface area contributed by atoms with Crippen molar-refractivity contribution in [1.29, 1.82) is 0 Å². The average molecular weight is 259 g/mol. The standard InChI is InChI=1S/C15H17NO3/c1-15(2,3)19-14(18)7-10-6-11-8-12(17)4-5-13(11)16-9-10/h4-6,8-9,17H,7H2,1-3H3. The second-order valence-electron chi connectivity index (χ2n) is 5.48. The molecule has 100 valence electrons. The van der Waals surface area contributed by atoms with Crippen LogP contribution < -0.4 is 0 Å². The molecule has 0 aliphatic heterocycles. The van der Waals surface area contributed by atoms with Gasteiger partial charge in [-0.05, 0) is 50.6 Å². The first-order valence-electron chi connectivity index (χ1n) is 6.13. The number of benzene rings is 1. The maximum absolute atomic E-state index is 11.7. The van der Waals surface area contributed by atoms with Crippen molar-refractivity contribution in [1.82, 2.24) is 4.98 Å². The number of nitrogens with zero attached hydrogens (tertiary/aromatic N) is 1. The van der Waals surface area contributed by atoms with Crippen molar-refractivity contribution >= 4 is 16.9 Å². The molecule has 0 saturated carbocycles. The van der Waals surface area contributed by atoms with Crippen molar-refractivity contribution in [2.75, 3.05) is 0 Å². The summed E-state index contributed by atoms with van der Waals surface area (Å²) in [6.07, 6.45) is 1.83. The third-order valence-electron chi connectivity index (χ3n) is 2.49. The van der Waals surface area contributed by atoms with E-state index in [1.807, 2.05) is 26.8 Å². The van der Waals surface area contributed by atoms with Gasteiger partial charge in [0.15, 0.2) is 0 Å². The molecule has 0 bridgehead atoms. The van der Waals surface area contributed by atoms with Crippen LogP contribution in [0.1, 0.15) is 26.3 Å². The van der Waals surface area contributed by atoms with E-state index in [0.717, 1.165) is 16.5 Å². The summed E-state index contributed by atoms with van der Waals surface area (Å²) in [7, 11) is 0. The first-order chi connectivity index (χ1) is 8.83. The molecule has 2 aromatic rings. The zero-order chi connectivity index (χ0) is 14.0. The summed E-state index contributed by atoms with van der Waals surface area (Å²) in [5.74, 6) is -0.0995. The van der Waals surface area contributed by atoms with Crippen LogP contribution in [0.25, 0.3) is 10.9 Å². The number of carbonyl (C=O) groups excluding carboxylic acids is 1. The largest absolute Gasteiger partial charge is 0.508 e. The van der Waals surface area contributed by atoms with E-state index in [-0.39, 0.29) is 18.1 Å². The van der Waals surface area contributed by atoms with E-state index >= 15 is 0 Å². The van der Waals surface area contributed by atoms with E-state index in [1.54, 1.807) is 24.4 Å². The summed E-state index contributed by atoms with van der Waals surface area (Å²) < 4.78 is 5.26. The van der Waals surface area contributed by atoms with Gasteiger partial charge < -0.3 is 9.84 Å². The Kier molecular flexibility index (Phi) is 3.42. The lowest BCUT2D eigenvalue weighted by atomic mass is 10.1. The lowest BCUT2D eigenvalue weighted by molar-refractivity contribution is -0.153. The summed E-state index contributed by atoms with van der Waals surface area (Å²) >= 11 is 0. The van der Waals surface area contributed by atoms with E-state index in [9.17, 15) is 9.90 Å². The SMILES string of the molecule is CC(C)(C)OC(=O)Cc1cnc2ccc(O)cc2c1. The van der Waals surface area contributed by atoms with Crippen LogP contribution in [0, 0.1) is 0 Å². The van der Waals surface area contributed by atoms with Gasteiger partial charge in [0, 0.05) is 11.6 Å². The van der Waals surface area contributed by atoms with Gasteiger partial charge in [0.25, 0.3) is 0 Å². The normalized spacial score (nSPS) is 11.5. The first kappa shape index (κ1) is 13.3. The van der Waals surface area contributed by atoms with Crippen LogP contribution in [-0.4, -0.2) is 21.7 Å². The summed E-state index contributed by atoms with van der Waals surface area (Å²) in [5, 5.41) is 10.2. The summed E-state index contributed by atoms with van der Waals surface area (Å²) in [6.45, 7) is 5.50. The molecule has 0 radical (unpaired) electrons. The van der Waals surface area contributed by atoms with Gasteiger partial charge in [0.2, 0.25) is 0 Å². The molecule has 1 N–H and O–H groups in total. The Hall–Kier alpha value is -2.10. The maximum Gasteiger partial charge on any atom is 0.310 e. The Morgan fingerprint density at radius 3 is 2.74 bits per heavy atom. The number of rotatable bonds is 2. The predicted molar refractivity (Wildman–Crippen MR) is 73.0 cm³/mol. The summed E-state index contributed by atoms with van der Waals surface area (Å²) in [4.78, 5) is 16.0. The molecule has 0 spiro atoms. The van der Waals surface area contributed by atoms with Gasteiger partial charge in [0.05, 0.1) is 11.9 Å². The molecule has 19 heavy (non-hydrogen) atoms. The van der Waals surface area contributed by atoms with E-state index < -0.39 is 5.60 Å². The first-order valence-corrected chi connectivity index (χ1v) is 6.13. The van der Waals surface area contributed by atoms with E-state index in [0.29, 0.717) is 0 Å². The van der Waals surface area contributed by atoms with Gasteiger partial charge >= 0.3 is 5.97 Å². The fourth-order valence-corrected chi connectivity index (χ4v) is 1.81. The van der Waals surface area contributed by atoms with Crippen molar-refractivity contribution in [2.24, 2.45) is 0 Å². The molecule has 1 aromatic carbocycles. The van der Waals surface area contributed by atoms with Crippen LogP contribution in [0.15, 0.2) is 30.5 Å². The molecule has 0 atom stereocenters. The highest BCUT2D eigenvalue weighted by Gasteiger charge is 2.16. The molecule has 0 saturated heterocycles. The van der Waals surface area contributed by atoms with Crippen molar-refractivity contribution in [3.05, 3.63) is 36.0 Å². The zero-order valence-corrected chi connectivity index (χ0v) is 11.3. The molecule has 0 fully saturated rings. The van der Waals surface area contributed by atoms with Crippen molar-refractivity contribution in [3.8, 4) is 5.75 Å². The van der Waals surface area contributed by atoms with Crippen LogP contribution in [0.5, 0.6) is 5.75 Å². The highest BCUT2D eigenvalue weighted by atomic mass is 16.6. The highest BCUT2D eigenvalue weighted by Crippen LogP contribution is 2.19. The van der Waals surface area contributed by atoms with Gasteiger partial charge in [-0.25, -0.2) is 0 Å². The average Bonchev–Trinajstić information content (AvgIpc) is 2.25. The monoisotopic (exact) mass is 259 g/mol. The molecule has 1 aromatic heterocycles. The van der Waals surface area contributed by atoms with Gasteiger partial charge in [-0.15, -0.1) is 0 Å². The lowest BCUT2D eigenvalue weighted by Gasteiger charge is -2.19. The Morgan fingerprint density at radius 2 is 2.05 bits per heavy atom.